The summed E-state index contributed by atoms with van der Waals surface area (Å²) in [5.41, 5.74) is 0.675. The lowest BCUT2D eigenvalue weighted by Crippen LogP contribution is -1.86. The number of aromatic hydroxyl groups is 4. The first kappa shape index (κ1) is 13.8. The molecule has 3 aromatic rings. The van der Waals surface area contributed by atoms with E-state index in [1.54, 1.807) is 6.07 Å². The van der Waals surface area contributed by atoms with Gasteiger partial charge >= 0.3 is 11.3 Å². The van der Waals surface area contributed by atoms with Gasteiger partial charge in [0.05, 0.1) is 18.7 Å². The molecule has 0 aliphatic carbocycles. The monoisotopic (exact) mass is 301 g/mol. The van der Waals surface area contributed by atoms with Crippen LogP contribution in [0.5, 0.6) is 28.7 Å². The van der Waals surface area contributed by atoms with Crippen molar-refractivity contribution in [2.45, 2.75) is 0 Å². The van der Waals surface area contributed by atoms with Gasteiger partial charge in [0.2, 0.25) is 5.75 Å². The second kappa shape index (κ2) is 5.00. The highest BCUT2D eigenvalue weighted by molar-refractivity contribution is 5.88. The Balaban J connectivity index is 2.25. The van der Waals surface area contributed by atoms with Gasteiger partial charge < -0.3 is 25.2 Å². The van der Waals surface area contributed by atoms with Crippen molar-refractivity contribution in [2.24, 2.45) is 0 Å². The third-order valence-corrected chi connectivity index (χ3v) is 3.29. The van der Waals surface area contributed by atoms with Gasteiger partial charge in [-0.3, -0.25) is 0 Å². The average Bonchev–Trinajstić information content (AvgIpc) is 2.50. The Morgan fingerprint density at radius 2 is 1.59 bits per heavy atom. The molecule has 0 saturated carbocycles. The number of phenolic OH excluding ortho intramolecular Hbond substituents is 3. The summed E-state index contributed by atoms with van der Waals surface area (Å²) < 4.78 is 10.7. The SMILES string of the molecule is COc1cc(O)c2cc(O)c(-c3ccc(O)c(O)c3)[o+]c2c1. The highest BCUT2D eigenvalue weighted by atomic mass is 16.5. The number of hydrogen-bond acceptors (Lipinski definition) is 5. The maximum Gasteiger partial charge on any atom is 0.402 e. The van der Waals surface area contributed by atoms with E-state index >= 15 is 0 Å². The molecule has 0 aliphatic heterocycles. The van der Waals surface area contributed by atoms with E-state index in [4.69, 9.17) is 9.15 Å². The first-order valence-corrected chi connectivity index (χ1v) is 6.39. The van der Waals surface area contributed by atoms with Crippen LogP contribution in [0.1, 0.15) is 0 Å². The Morgan fingerprint density at radius 3 is 2.27 bits per heavy atom. The van der Waals surface area contributed by atoms with Crippen molar-refractivity contribution in [1.29, 1.82) is 0 Å². The van der Waals surface area contributed by atoms with Crippen molar-refractivity contribution < 1.29 is 29.6 Å². The van der Waals surface area contributed by atoms with E-state index in [2.05, 4.69) is 0 Å². The predicted molar refractivity (Wildman–Crippen MR) is 79.3 cm³/mol. The van der Waals surface area contributed by atoms with Gasteiger partial charge in [-0.25, -0.2) is 4.42 Å². The molecular formula is C16H13O6+. The molecule has 22 heavy (non-hydrogen) atoms. The van der Waals surface area contributed by atoms with E-state index in [9.17, 15) is 20.4 Å². The molecule has 6 heteroatoms. The molecule has 0 radical (unpaired) electrons. The van der Waals surface area contributed by atoms with Gasteiger partial charge in [0.25, 0.3) is 0 Å². The zero-order chi connectivity index (χ0) is 15.9. The van der Waals surface area contributed by atoms with E-state index in [-0.39, 0.29) is 28.8 Å². The predicted octanol–water partition coefficient (Wildman–Crippen LogP) is 3.21. The van der Waals surface area contributed by atoms with Gasteiger partial charge in [-0.15, -0.1) is 0 Å². The fourth-order valence-electron chi connectivity index (χ4n) is 2.17. The number of hydrogen-bond donors (Lipinski definition) is 4. The highest BCUT2D eigenvalue weighted by Crippen LogP contribution is 2.40. The van der Waals surface area contributed by atoms with Crippen molar-refractivity contribution in [2.75, 3.05) is 7.11 Å². The minimum absolute atomic E-state index is 0.0893. The Kier molecular flexibility index (Phi) is 3.14. The van der Waals surface area contributed by atoms with E-state index < -0.39 is 0 Å². The van der Waals surface area contributed by atoms with Crippen molar-refractivity contribution >= 4 is 11.0 Å². The van der Waals surface area contributed by atoms with Crippen LogP contribution in [0.4, 0.5) is 0 Å². The normalized spacial score (nSPS) is 10.8. The lowest BCUT2D eigenvalue weighted by Gasteiger charge is -2.02. The van der Waals surface area contributed by atoms with Gasteiger partial charge in [-0.05, 0) is 12.1 Å². The van der Waals surface area contributed by atoms with E-state index in [1.165, 1.54) is 37.4 Å². The second-order valence-electron chi connectivity index (χ2n) is 4.72. The molecule has 4 N–H and O–H groups in total. The topological polar surface area (TPSA) is 101 Å². The van der Waals surface area contributed by atoms with Crippen LogP contribution >= 0.6 is 0 Å². The standard InChI is InChI=1S/C16H12O6/c1-21-9-5-12(18)10-7-14(20)16(22-15(10)6-9)8-2-3-11(17)13(19)4-8/h2-7H,1H3,(H3-,17,18,19,20)/p+1. The van der Waals surface area contributed by atoms with Gasteiger partial charge in [-0.2, -0.15) is 0 Å². The average molecular weight is 301 g/mol. The summed E-state index contributed by atoms with van der Waals surface area (Å²) in [6.45, 7) is 0. The molecule has 0 spiro atoms. The van der Waals surface area contributed by atoms with Crippen LogP contribution in [-0.4, -0.2) is 27.5 Å². The minimum Gasteiger partial charge on any atom is -0.507 e. The molecule has 1 aromatic heterocycles. The molecule has 2 aromatic carbocycles. The smallest absolute Gasteiger partial charge is 0.402 e. The van der Waals surface area contributed by atoms with Crippen LogP contribution < -0.4 is 4.74 Å². The van der Waals surface area contributed by atoms with Gasteiger partial charge in [0.15, 0.2) is 11.5 Å². The zero-order valence-corrected chi connectivity index (χ0v) is 11.6. The van der Waals surface area contributed by atoms with E-state index in [1.807, 2.05) is 0 Å². The molecule has 0 saturated heterocycles. The largest absolute Gasteiger partial charge is 0.507 e. The third-order valence-electron chi connectivity index (χ3n) is 3.29. The van der Waals surface area contributed by atoms with Crippen molar-refractivity contribution in [3.05, 3.63) is 36.4 Å². The minimum atomic E-state index is -0.333. The van der Waals surface area contributed by atoms with Crippen LogP contribution in [0, 0.1) is 0 Å². The fraction of sp³-hybridized carbons (Fsp3) is 0.0625. The quantitative estimate of drug-likeness (QED) is 0.428. The van der Waals surface area contributed by atoms with Gasteiger partial charge in [0.1, 0.15) is 16.9 Å². The van der Waals surface area contributed by atoms with Crippen molar-refractivity contribution in [1.82, 2.24) is 0 Å². The number of methoxy groups -OCH3 is 1. The van der Waals surface area contributed by atoms with E-state index in [0.717, 1.165) is 0 Å². The van der Waals surface area contributed by atoms with Crippen LogP contribution in [0.2, 0.25) is 0 Å². The molecule has 0 atom stereocenters. The molecule has 6 nitrogen and oxygen atoms in total. The molecular weight excluding hydrogens is 288 g/mol. The van der Waals surface area contributed by atoms with E-state index in [0.29, 0.717) is 22.3 Å². The maximum absolute atomic E-state index is 10.1. The summed E-state index contributed by atoms with van der Waals surface area (Å²) >= 11 is 0. The van der Waals surface area contributed by atoms with Crippen LogP contribution in [0.15, 0.2) is 40.8 Å². The first-order valence-electron chi connectivity index (χ1n) is 6.39. The first-order chi connectivity index (χ1) is 10.5. The lowest BCUT2D eigenvalue weighted by molar-refractivity contribution is 0.403. The molecule has 3 rings (SSSR count). The molecule has 1 heterocycles. The number of phenols is 3. The molecule has 0 amide bonds. The Labute approximate surface area is 125 Å². The van der Waals surface area contributed by atoms with Crippen molar-refractivity contribution in [3.63, 3.8) is 0 Å². The van der Waals surface area contributed by atoms with Crippen molar-refractivity contribution in [3.8, 4) is 40.1 Å². The second-order valence-corrected chi connectivity index (χ2v) is 4.72. The summed E-state index contributed by atoms with van der Waals surface area (Å²) in [7, 11) is 1.46. The Hall–Kier alpha value is -3.15. The fourth-order valence-corrected chi connectivity index (χ4v) is 2.17. The summed E-state index contributed by atoms with van der Waals surface area (Å²) in [6, 6.07) is 8.36. The van der Waals surface area contributed by atoms with Gasteiger partial charge in [0, 0.05) is 18.2 Å². The number of benzene rings is 2. The van der Waals surface area contributed by atoms with Crippen LogP contribution in [-0.2, 0) is 0 Å². The number of fused-ring (bicyclic) bond motifs is 1. The number of ether oxygens (including phenoxy) is 1. The lowest BCUT2D eigenvalue weighted by atomic mass is 10.1. The Bertz CT molecular complexity index is 872. The molecule has 0 fully saturated rings. The summed E-state index contributed by atoms with van der Waals surface area (Å²) in [4.78, 5) is 0. The van der Waals surface area contributed by atoms with Crippen LogP contribution in [0.25, 0.3) is 22.3 Å². The molecule has 112 valence electrons. The summed E-state index contributed by atoms with van der Waals surface area (Å²) in [6.07, 6.45) is 0. The zero-order valence-electron chi connectivity index (χ0n) is 11.6. The number of rotatable bonds is 2. The molecule has 0 unspecified atom stereocenters. The summed E-state index contributed by atoms with van der Waals surface area (Å²) in [5, 5.41) is 39.2. The Morgan fingerprint density at radius 1 is 0.818 bits per heavy atom. The van der Waals surface area contributed by atoms with Crippen LogP contribution in [0.3, 0.4) is 0 Å². The maximum atomic E-state index is 10.1. The molecule has 0 bridgehead atoms. The van der Waals surface area contributed by atoms with Gasteiger partial charge in [-0.1, -0.05) is 0 Å². The molecule has 0 aliphatic rings. The summed E-state index contributed by atoms with van der Waals surface area (Å²) in [5.74, 6) is -0.412. The third kappa shape index (κ3) is 2.20. The highest BCUT2D eigenvalue weighted by Gasteiger charge is 2.24.